The summed E-state index contributed by atoms with van der Waals surface area (Å²) in [5.74, 6) is 0.106. The number of anilines is 2. The van der Waals surface area contributed by atoms with E-state index in [0.29, 0.717) is 6.42 Å². The Bertz CT molecular complexity index is 706. The first kappa shape index (κ1) is 18.9. The maximum atomic E-state index is 12.2. The van der Waals surface area contributed by atoms with E-state index in [4.69, 9.17) is 0 Å². The topological polar surface area (TPSA) is 35.6 Å². The number of thiophene rings is 1. The summed E-state index contributed by atoms with van der Waals surface area (Å²) in [4.78, 5) is 18.5. The summed E-state index contributed by atoms with van der Waals surface area (Å²) >= 11 is 1.76. The van der Waals surface area contributed by atoms with E-state index in [2.05, 4.69) is 58.6 Å². The van der Waals surface area contributed by atoms with Gasteiger partial charge in [0.05, 0.1) is 0 Å². The maximum absolute atomic E-state index is 12.2. The molecule has 1 N–H and O–H groups in total. The van der Waals surface area contributed by atoms with Gasteiger partial charge in [0.15, 0.2) is 0 Å². The molecular weight excluding hydrogens is 342 g/mol. The number of nitrogens with one attached hydrogen (secondary N) is 1. The molecule has 3 rings (SSSR count). The lowest BCUT2D eigenvalue weighted by atomic mass is 10.1. The number of hydrogen-bond donors (Lipinski definition) is 1. The van der Waals surface area contributed by atoms with E-state index in [0.717, 1.165) is 56.8 Å². The molecule has 1 saturated heterocycles. The van der Waals surface area contributed by atoms with Crippen molar-refractivity contribution in [3.8, 4) is 0 Å². The van der Waals surface area contributed by atoms with E-state index in [9.17, 15) is 4.79 Å². The highest BCUT2D eigenvalue weighted by Gasteiger charge is 2.16. The van der Waals surface area contributed by atoms with Gasteiger partial charge in [-0.15, -0.1) is 11.3 Å². The fraction of sp³-hybridized carbons (Fsp3) is 0.476. The van der Waals surface area contributed by atoms with Crippen LogP contribution in [0.15, 0.2) is 35.7 Å². The van der Waals surface area contributed by atoms with Crippen LogP contribution >= 0.6 is 11.3 Å². The highest BCUT2D eigenvalue weighted by Crippen LogP contribution is 2.24. The summed E-state index contributed by atoms with van der Waals surface area (Å²) in [5.41, 5.74) is 3.32. The fourth-order valence-corrected chi connectivity index (χ4v) is 4.15. The zero-order valence-electron chi connectivity index (χ0n) is 15.8. The first-order valence-corrected chi connectivity index (χ1v) is 10.4. The molecule has 140 valence electrons. The molecule has 0 atom stereocenters. The normalized spacial score (nSPS) is 15.2. The first-order chi connectivity index (χ1) is 12.7. The zero-order chi connectivity index (χ0) is 18.4. The molecule has 0 aliphatic carbocycles. The van der Waals surface area contributed by atoms with E-state index >= 15 is 0 Å². The molecular formula is C21H29N3OS. The summed E-state index contributed by atoms with van der Waals surface area (Å²) in [7, 11) is 0. The van der Waals surface area contributed by atoms with Crippen LogP contribution in [0, 0.1) is 6.92 Å². The number of benzene rings is 1. The van der Waals surface area contributed by atoms with Crippen molar-refractivity contribution >= 4 is 28.6 Å². The van der Waals surface area contributed by atoms with Crippen LogP contribution in [0.5, 0.6) is 0 Å². The number of likely N-dealkylation sites (N-methyl/N-ethyl adjacent to an activating group) is 1. The molecule has 0 saturated carbocycles. The molecule has 1 amide bonds. The lowest BCUT2D eigenvalue weighted by Gasteiger charge is -2.35. The molecule has 0 bridgehead atoms. The van der Waals surface area contributed by atoms with Crippen LogP contribution in [0.25, 0.3) is 0 Å². The molecule has 4 nitrogen and oxygen atoms in total. The van der Waals surface area contributed by atoms with Gasteiger partial charge in [-0.1, -0.05) is 13.0 Å². The number of carbonyl (C=O) groups excluding carboxylic acids is 1. The van der Waals surface area contributed by atoms with E-state index < -0.39 is 0 Å². The molecule has 2 aromatic rings. The van der Waals surface area contributed by atoms with Gasteiger partial charge in [-0.3, -0.25) is 4.79 Å². The Morgan fingerprint density at radius 3 is 2.65 bits per heavy atom. The molecule has 1 aliphatic rings. The third-order valence-corrected chi connectivity index (χ3v) is 6.01. The largest absolute Gasteiger partial charge is 0.369 e. The summed E-state index contributed by atoms with van der Waals surface area (Å²) in [6.45, 7) is 9.81. The second kappa shape index (κ2) is 9.19. The maximum Gasteiger partial charge on any atom is 0.224 e. The Balaban J connectivity index is 1.50. The predicted molar refractivity (Wildman–Crippen MR) is 111 cm³/mol. The number of amides is 1. The van der Waals surface area contributed by atoms with Crippen LogP contribution in [0.3, 0.4) is 0 Å². The second-order valence-corrected chi connectivity index (χ2v) is 7.93. The Hall–Kier alpha value is -1.85. The van der Waals surface area contributed by atoms with E-state index in [-0.39, 0.29) is 5.91 Å². The molecule has 2 heterocycles. The summed E-state index contributed by atoms with van der Waals surface area (Å²) in [5, 5.41) is 5.16. The van der Waals surface area contributed by atoms with Crippen molar-refractivity contribution < 1.29 is 4.79 Å². The van der Waals surface area contributed by atoms with Gasteiger partial charge in [0.25, 0.3) is 0 Å². The van der Waals surface area contributed by atoms with Crippen molar-refractivity contribution in [1.29, 1.82) is 0 Å². The molecule has 26 heavy (non-hydrogen) atoms. The van der Waals surface area contributed by atoms with Gasteiger partial charge in [0.1, 0.15) is 0 Å². The van der Waals surface area contributed by atoms with Crippen molar-refractivity contribution in [3.63, 3.8) is 0 Å². The number of nitrogens with zero attached hydrogens (tertiary/aromatic N) is 2. The van der Waals surface area contributed by atoms with Gasteiger partial charge in [-0.2, -0.15) is 0 Å². The average molecular weight is 372 g/mol. The summed E-state index contributed by atoms with van der Waals surface area (Å²) in [6, 6.07) is 10.6. The Morgan fingerprint density at radius 2 is 2.00 bits per heavy atom. The highest BCUT2D eigenvalue weighted by atomic mass is 32.1. The Kier molecular flexibility index (Phi) is 6.69. The van der Waals surface area contributed by atoms with Crippen LogP contribution in [0.1, 0.15) is 30.2 Å². The molecule has 1 aromatic heterocycles. The van der Waals surface area contributed by atoms with Gasteiger partial charge in [-0.05, 0) is 61.5 Å². The number of rotatable bonds is 7. The fourth-order valence-electron chi connectivity index (χ4n) is 3.40. The lowest BCUT2D eigenvalue weighted by molar-refractivity contribution is -0.116. The monoisotopic (exact) mass is 371 g/mol. The van der Waals surface area contributed by atoms with Crippen LogP contribution in [-0.4, -0.2) is 43.5 Å². The number of carbonyl (C=O) groups is 1. The van der Waals surface area contributed by atoms with Gasteiger partial charge in [0.2, 0.25) is 5.91 Å². The van der Waals surface area contributed by atoms with Gasteiger partial charge in [-0.25, -0.2) is 0 Å². The van der Waals surface area contributed by atoms with Gasteiger partial charge < -0.3 is 15.1 Å². The van der Waals surface area contributed by atoms with Crippen LogP contribution in [-0.2, 0) is 11.2 Å². The average Bonchev–Trinajstić information content (AvgIpc) is 3.17. The van der Waals surface area contributed by atoms with E-state index in [1.807, 2.05) is 6.07 Å². The van der Waals surface area contributed by atoms with Crippen molar-refractivity contribution in [1.82, 2.24) is 4.90 Å². The van der Waals surface area contributed by atoms with E-state index in [1.54, 1.807) is 11.3 Å². The summed E-state index contributed by atoms with van der Waals surface area (Å²) < 4.78 is 0. The van der Waals surface area contributed by atoms with E-state index in [1.165, 1.54) is 10.6 Å². The van der Waals surface area contributed by atoms with Crippen molar-refractivity contribution in [2.24, 2.45) is 0 Å². The lowest BCUT2D eigenvalue weighted by Crippen LogP contribution is -2.46. The number of piperazine rings is 1. The molecule has 5 heteroatoms. The predicted octanol–water partition coefficient (Wildman–Crippen LogP) is 4.16. The minimum absolute atomic E-state index is 0.106. The SMILES string of the molecule is CCN1CCN(c2ccc(NC(=O)CCCc3cccs3)c(C)c2)CC1. The smallest absolute Gasteiger partial charge is 0.224 e. The van der Waals surface area contributed by atoms with Crippen LogP contribution < -0.4 is 10.2 Å². The van der Waals surface area contributed by atoms with Crippen LogP contribution in [0.4, 0.5) is 11.4 Å². The molecule has 0 radical (unpaired) electrons. The quantitative estimate of drug-likeness (QED) is 0.794. The van der Waals surface area contributed by atoms with Crippen LogP contribution in [0.2, 0.25) is 0 Å². The Labute approximate surface area is 160 Å². The molecule has 1 aromatic carbocycles. The second-order valence-electron chi connectivity index (χ2n) is 6.90. The number of hydrogen-bond acceptors (Lipinski definition) is 4. The van der Waals surface area contributed by atoms with Gasteiger partial charge in [0, 0.05) is 48.9 Å². The minimum atomic E-state index is 0.106. The first-order valence-electron chi connectivity index (χ1n) is 9.56. The standard InChI is InChI=1S/C21H29N3OS/c1-3-23-11-13-24(14-12-23)18-9-10-20(17(2)16-18)22-21(25)8-4-6-19-7-5-15-26-19/h5,7,9-10,15-16H,3-4,6,8,11-14H2,1-2H3,(H,22,25). The molecule has 1 fully saturated rings. The molecule has 0 spiro atoms. The summed E-state index contributed by atoms with van der Waals surface area (Å²) in [6.07, 6.45) is 2.44. The van der Waals surface area contributed by atoms with Gasteiger partial charge >= 0.3 is 0 Å². The third-order valence-electron chi connectivity index (χ3n) is 5.08. The molecule has 0 unspecified atom stereocenters. The minimum Gasteiger partial charge on any atom is -0.369 e. The Morgan fingerprint density at radius 1 is 1.19 bits per heavy atom. The van der Waals surface area contributed by atoms with Crippen molar-refractivity contribution in [2.45, 2.75) is 33.1 Å². The third kappa shape index (κ3) is 5.08. The number of aryl methyl sites for hydroxylation is 2. The van der Waals surface area contributed by atoms with Crippen molar-refractivity contribution in [3.05, 3.63) is 46.2 Å². The zero-order valence-corrected chi connectivity index (χ0v) is 16.6. The van der Waals surface area contributed by atoms with Crippen molar-refractivity contribution in [2.75, 3.05) is 42.9 Å². The molecule has 1 aliphatic heterocycles. The highest BCUT2D eigenvalue weighted by molar-refractivity contribution is 7.09.